The van der Waals surface area contributed by atoms with E-state index in [1.54, 1.807) is 6.07 Å². The fraction of sp³-hybridized carbons (Fsp3) is 0.273. The van der Waals surface area contributed by atoms with Crippen LogP contribution in [-0.2, 0) is 11.2 Å². The topological polar surface area (TPSA) is 57.5 Å². The molecule has 0 spiro atoms. The molecule has 0 aliphatic rings. The fourth-order valence-corrected chi connectivity index (χ4v) is 3.07. The number of hydrogen-bond donors (Lipinski definition) is 0. The highest BCUT2D eigenvalue weighted by molar-refractivity contribution is 6.07. The number of hydrogen-bond acceptors (Lipinski definition) is 4. The maximum atomic E-state index is 13.1. The van der Waals surface area contributed by atoms with Crippen molar-refractivity contribution < 1.29 is 19.1 Å². The minimum Gasteiger partial charge on any atom is -0.481 e. The Morgan fingerprint density at radius 3 is 2.37 bits per heavy atom. The maximum absolute atomic E-state index is 13.1. The molecule has 3 aromatic rings. The van der Waals surface area contributed by atoms with E-state index in [-0.39, 0.29) is 5.91 Å². The van der Waals surface area contributed by atoms with Crippen LogP contribution in [-0.4, -0.2) is 29.7 Å². The van der Waals surface area contributed by atoms with Crippen molar-refractivity contribution in [3.05, 3.63) is 65.9 Å². The zero-order valence-corrected chi connectivity index (χ0v) is 15.8. The van der Waals surface area contributed by atoms with Gasteiger partial charge in [-0.25, -0.2) is 4.79 Å². The van der Waals surface area contributed by atoms with Gasteiger partial charge in [-0.3, -0.25) is 9.36 Å². The number of ether oxygens (including phenoxy) is 2. The third-order valence-electron chi connectivity index (χ3n) is 4.61. The SMILES string of the molecule is CCc1ccc(OC(CC)C(=O)n2cc(C(=O)OC)c3ccccc32)cc1. The van der Waals surface area contributed by atoms with Crippen molar-refractivity contribution in [1.29, 1.82) is 0 Å². The molecule has 0 saturated carbocycles. The summed E-state index contributed by atoms with van der Waals surface area (Å²) in [7, 11) is 1.33. The molecule has 2 aromatic carbocycles. The van der Waals surface area contributed by atoms with Gasteiger partial charge < -0.3 is 9.47 Å². The summed E-state index contributed by atoms with van der Waals surface area (Å²) in [4.78, 5) is 25.2. The van der Waals surface area contributed by atoms with Crippen molar-refractivity contribution in [3.63, 3.8) is 0 Å². The summed E-state index contributed by atoms with van der Waals surface area (Å²) < 4.78 is 12.3. The van der Waals surface area contributed by atoms with Crippen molar-refractivity contribution in [2.75, 3.05) is 7.11 Å². The van der Waals surface area contributed by atoms with E-state index in [9.17, 15) is 9.59 Å². The lowest BCUT2D eigenvalue weighted by atomic mass is 10.1. The van der Waals surface area contributed by atoms with Gasteiger partial charge >= 0.3 is 5.97 Å². The average Bonchev–Trinajstić information content (AvgIpc) is 3.11. The first-order valence-corrected chi connectivity index (χ1v) is 9.07. The van der Waals surface area contributed by atoms with Crippen molar-refractivity contribution in [1.82, 2.24) is 4.57 Å². The van der Waals surface area contributed by atoms with E-state index in [1.807, 2.05) is 49.4 Å². The molecule has 1 atom stereocenters. The summed E-state index contributed by atoms with van der Waals surface area (Å²) in [6, 6.07) is 15.0. The van der Waals surface area contributed by atoms with Crippen molar-refractivity contribution in [3.8, 4) is 5.75 Å². The van der Waals surface area contributed by atoms with Gasteiger partial charge in [0.15, 0.2) is 6.10 Å². The quantitative estimate of drug-likeness (QED) is 0.604. The third kappa shape index (κ3) is 3.72. The third-order valence-corrected chi connectivity index (χ3v) is 4.61. The number of carbonyl (C=O) groups is 2. The van der Waals surface area contributed by atoms with Gasteiger partial charge in [-0.2, -0.15) is 0 Å². The molecule has 1 unspecified atom stereocenters. The first-order valence-electron chi connectivity index (χ1n) is 9.07. The van der Waals surface area contributed by atoms with E-state index in [1.165, 1.54) is 23.4 Å². The number of benzene rings is 2. The first-order chi connectivity index (χ1) is 13.1. The molecule has 5 nitrogen and oxygen atoms in total. The molecule has 3 rings (SSSR count). The van der Waals surface area contributed by atoms with Crippen LogP contribution in [0.2, 0.25) is 0 Å². The van der Waals surface area contributed by atoms with Crippen molar-refractivity contribution in [2.45, 2.75) is 32.8 Å². The Balaban J connectivity index is 1.94. The van der Waals surface area contributed by atoms with Crippen LogP contribution in [0.25, 0.3) is 10.9 Å². The number of aryl methyl sites for hydroxylation is 1. The van der Waals surface area contributed by atoms with E-state index in [0.717, 1.165) is 6.42 Å². The van der Waals surface area contributed by atoms with E-state index in [4.69, 9.17) is 9.47 Å². The molecule has 0 aliphatic heterocycles. The number of carbonyl (C=O) groups excluding carboxylic acids is 2. The minimum absolute atomic E-state index is 0.219. The standard InChI is InChI=1S/C22H23NO4/c1-4-15-10-12-16(13-11-15)27-20(5-2)21(24)23-14-18(22(25)26-3)17-8-6-7-9-19(17)23/h6-14,20H,4-5H2,1-3H3. The molecule has 0 radical (unpaired) electrons. The van der Waals surface area contributed by atoms with Crippen LogP contribution in [0.4, 0.5) is 0 Å². The lowest BCUT2D eigenvalue weighted by Gasteiger charge is -2.17. The highest BCUT2D eigenvalue weighted by Crippen LogP contribution is 2.24. The highest BCUT2D eigenvalue weighted by atomic mass is 16.5. The highest BCUT2D eigenvalue weighted by Gasteiger charge is 2.25. The summed E-state index contributed by atoms with van der Waals surface area (Å²) in [5.74, 6) is -0.0395. The second kappa shape index (κ2) is 8.08. The lowest BCUT2D eigenvalue weighted by molar-refractivity contribution is 0.0602. The Hall–Kier alpha value is -3.08. The second-order valence-electron chi connectivity index (χ2n) is 6.27. The number of aromatic nitrogens is 1. The van der Waals surface area contributed by atoms with E-state index >= 15 is 0 Å². The smallest absolute Gasteiger partial charge is 0.340 e. The first kappa shape index (κ1) is 18.7. The molecular formula is C22H23NO4. The monoisotopic (exact) mass is 365 g/mol. The molecule has 0 saturated heterocycles. The zero-order valence-electron chi connectivity index (χ0n) is 15.8. The van der Waals surface area contributed by atoms with Crippen LogP contribution in [0.15, 0.2) is 54.7 Å². The largest absolute Gasteiger partial charge is 0.481 e. The van der Waals surface area contributed by atoms with Gasteiger partial charge in [-0.1, -0.05) is 44.2 Å². The molecule has 0 N–H and O–H groups in total. The zero-order chi connectivity index (χ0) is 19.4. The lowest BCUT2D eigenvalue weighted by Crippen LogP contribution is -2.31. The van der Waals surface area contributed by atoms with Gasteiger partial charge in [-0.05, 0) is 36.6 Å². The van der Waals surface area contributed by atoms with Crippen LogP contribution in [0.3, 0.4) is 0 Å². The van der Waals surface area contributed by atoms with Crippen LogP contribution in [0.1, 0.15) is 41.0 Å². The number of fused-ring (bicyclic) bond motifs is 1. The van der Waals surface area contributed by atoms with Crippen LogP contribution in [0, 0.1) is 0 Å². The number of esters is 1. The molecular weight excluding hydrogens is 342 g/mol. The van der Waals surface area contributed by atoms with Crippen LogP contribution < -0.4 is 4.74 Å². The average molecular weight is 365 g/mol. The van der Waals surface area contributed by atoms with E-state index in [2.05, 4.69) is 6.92 Å². The van der Waals surface area contributed by atoms with E-state index < -0.39 is 12.1 Å². The fourth-order valence-electron chi connectivity index (χ4n) is 3.07. The van der Waals surface area contributed by atoms with Gasteiger partial charge in [0.1, 0.15) is 5.75 Å². The number of nitrogens with zero attached hydrogens (tertiary/aromatic N) is 1. The molecule has 27 heavy (non-hydrogen) atoms. The Bertz CT molecular complexity index is 956. The molecule has 5 heteroatoms. The van der Waals surface area contributed by atoms with E-state index in [0.29, 0.717) is 28.6 Å². The normalized spacial score (nSPS) is 12.0. The number of para-hydroxylation sites is 1. The Morgan fingerprint density at radius 1 is 1.04 bits per heavy atom. The van der Waals surface area contributed by atoms with Gasteiger partial charge in [0.05, 0.1) is 18.2 Å². The predicted octanol–water partition coefficient (Wildman–Crippen LogP) is 4.49. The molecule has 0 aliphatic carbocycles. The summed E-state index contributed by atoms with van der Waals surface area (Å²) in [5, 5.41) is 0.680. The Morgan fingerprint density at radius 2 is 1.74 bits per heavy atom. The molecule has 1 heterocycles. The molecule has 0 fully saturated rings. The van der Waals surface area contributed by atoms with Crippen molar-refractivity contribution in [2.24, 2.45) is 0 Å². The summed E-state index contributed by atoms with van der Waals surface area (Å²) in [6.07, 6.45) is 2.33. The van der Waals surface area contributed by atoms with Gasteiger partial charge in [0, 0.05) is 11.6 Å². The Labute approximate surface area is 158 Å². The molecule has 0 bridgehead atoms. The molecule has 1 aromatic heterocycles. The molecule has 0 amide bonds. The van der Waals surface area contributed by atoms with Gasteiger partial charge in [0.2, 0.25) is 0 Å². The van der Waals surface area contributed by atoms with Crippen LogP contribution >= 0.6 is 0 Å². The van der Waals surface area contributed by atoms with Crippen molar-refractivity contribution >= 4 is 22.8 Å². The van der Waals surface area contributed by atoms with Crippen LogP contribution in [0.5, 0.6) is 5.75 Å². The maximum Gasteiger partial charge on any atom is 0.340 e. The van der Waals surface area contributed by atoms with Gasteiger partial charge in [0.25, 0.3) is 5.91 Å². The summed E-state index contributed by atoms with van der Waals surface area (Å²) in [6.45, 7) is 3.99. The number of methoxy groups -OCH3 is 1. The minimum atomic E-state index is -0.654. The predicted molar refractivity (Wildman–Crippen MR) is 104 cm³/mol. The summed E-state index contributed by atoms with van der Waals surface area (Å²) in [5.41, 5.74) is 2.23. The molecule has 140 valence electrons. The number of rotatable bonds is 6. The van der Waals surface area contributed by atoms with Gasteiger partial charge in [-0.15, -0.1) is 0 Å². The second-order valence-corrected chi connectivity index (χ2v) is 6.27. The Kier molecular flexibility index (Phi) is 5.60. The summed E-state index contributed by atoms with van der Waals surface area (Å²) >= 11 is 0.